The number of carbonyl (C=O) groups excluding carboxylic acids is 2. The number of nitrogens with zero attached hydrogens (tertiary/aromatic N) is 1. The number of hydrogen-bond donors (Lipinski definition) is 1. The number of carboxylic acids is 1. The van der Waals surface area contributed by atoms with E-state index in [4.69, 9.17) is 18.9 Å². The molecule has 0 amide bonds. The van der Waals surface area contributed by atoms with Crippen molar-refractivity contribution in [2.45, 2.75) is 399 Å². The Balaban J connectivity index is 3.95. The van der Waals surface area contributed by atoms with E-state index in [-0.39, 0.29) is 38.2 Å². The molecule has 2 unspecified atom stereocenters. The predicted octanol–water partition coefficient (Wildman–Crippen LogP) is 26.2. The molecule has 0 aromatic rings. The number of likely N-dealkylation sites (N-methyl/N-ethyl adjacent to an activating group) is 1. The molecule has 9 heteroatoms. The van der Waals surface area contributed by atoms with Gasteiger partial charge in [0.2, 0.25) is 0 Å². The fourth-order valence-corrected chi connectivity index (χ4v) is 12.0. The van der Waals surface area contributed by atoms with E-state index in [1.54, 1.807) is 0 Å². The van der Waals surface area contributed by atoms with Crippen molar-refractivity contribution >= 4 is 17.9 Å². The summed E-state index contributed by atoms with van der Waals surface area (Å²) in [6.45, 7) is 4.81. The van der Waals surface area contributed by atoms with Crippen LogP contribution < -0.4 is 0 Å². The van der Waals surface area contributed by atoms with Gasteiger partial charge in [0.1, 0.15) is 13.2 Å². The van der Waals surface area contributed by atoms with Gasteiger partial charge in [-0.15, -0.1) is 0 Å². The molecule has 0 saturated carbocycles. The van der Waals surface area contributed by atoms with Crippen molar-refractivity contribution in [3.8, 4) is 0 Å². The van der Waals surface area contributed by atoms with Crippen LogP contribution >= 0.6 is 0 Å². The van der Waals surface area contributed by atoms with Crippen LogP contribution in [0.2, 0.25) is 0 Å². The Labute approximate surface area is 589 Å². The van der Waals surface area contributed by atoms with E-state index in [0.29, 0.717) is 17.4 Å². The lowest BCUT2D eigenvalue weighted by Gasteiger charge is -2.25. The zero-order chi connectivity index (χ0) is 69.0. The Bertz CT molecular complexity index is 1840. The van der Waals surface area contributed by atoms with Gasteiger partial charge in [0, 0.05) is 12.8 Å². The van der Waals surface area contributed by atoms with E-state index < -0.39 is 18.4 Å². The first kappa shape index (κ1) is 91.5. The fourth-order valence-electron chi connectivity index (χ4n) is 12.0. The molecule has 0 bridgehead atoms. The molecule has 9 nitrogen and oxygen atoms in total. The summed E-state index contributed by atoms with van der Waals surface area (Å²) >= 11 is 0. The third-order valence-corrected chi connectivity index (χ3v) is 18.1. The van der Waals surface area contributed by atoms with Crippen LogP contribution in [-0.2, 0) is 33.3 Å². The van der Waals surface area contributed by atoms with Crippen molar-refractivity contribution in [3.63, 3.8) is 0 Å². The summed E-state index contributed by atoms with van der Waals surface area (Å²) in [6.07, 6.45) is 102. The van der Waals surface area contributed by atoms with Gasteiger partial charge in [0.15, 0.2) is 6.10 Å². The second-order valence-electron chi connectivity index (χ2n) is 28.7. The highest BCUT2D eigenvalue weighted by Gasteiger charge is 2.25. The van der Waals surface area contributed by atoms with E-state index in [2.05, 4.69) is 98.9 Å². The molecule has 0 rings (SSSR count). The number of allylic oxidation sites excluding steroid dienone is 14. The Morgan fingerprint density at radius 2 is 0.600 bits per heavy atom. The molecule has 0 saturated heterocycles. The van der Waals surface area contributed by atoms with Crippen LogP contribution in [0.3, 0.4) is 0 Å². The van der Waals surface area contributed by atoms with Crippen molar-refractivity contribution in [3.05, 3.63) is 85.1 Å². The van der Waals surface area contributed by atoms with E-state index in [1.807, 2.05) is 21.1 Å². The Kier molecular flexibility index (Phi) is 73.4. The third kappa shape index (κ3) is 77.7. The number of ether oxygens (including phenoxy) is 4. The van der Waals surface area contributed by atoms with Crippen molar-refractivity contribution < 1.29 is 42.9 Å². The highest BCUT2D eigenvalue weighted by Crippen LogP contribution is 2.19. The molecule has 95 heavy (non-hydrogen) atoms. The zero-order valence-electron chi connectivity index (χ0n) is 63.3. The van der Waals surface area contributed by atoms with Gasteiger partial charge in [-0.05, 0) is 89.9 Å². The lowest BCUT2D eigenvalue weighted by atomic mass is 10.0. The summed E-state index contributed by atoms with van der Waals surface area (Å²) in [7, 11) is 5.99. The van der Waals surface area contributed by atoms with Crippen LogP contribution in [-0.4, -0.2) is 87.4 Å². The molecular formula is C86H156NO8+. The van der Waals surface area contributed by atoms with Gasteiger partial charge in [-0.1, -0.05) is 369 Å². The lowest BCUT2D eigenvalue weighted by Crippen LogP contribution is -2.40. The first-order valence-electron chi connectivity index (χ1n) is 40.8. The van der Waals surface area contributed by atoms with Gasteiger partial charge < -0.3 is 28.5 Å². The minimum absolute atomic E-state index is 0.179. The molecule has 0 fully saturated rings. The van der Waals surface area contributed by atoms with E-state index >= 15 is 0 Å². The Morgan fingerprint density at radius 1 is 0.326 bits per heavy atom. The van der Waals surface area contributed by atoms with E-state index in [0.717, 1.165) is 77.0 Å². The molecule has 0 heterocycles. The van der Waals surface area contributed by atoms with Crippen LogP contribution in [0.4, 0.5) is 0 Å². The van der Waals surface area contributed by atoms with Crippen LogP contribution in [0.1, 0.15) is 386 Å². The number of rotatable bonds is 76. The maximum atomic E-state index is 13.0. The normalized spacial score (nSPS) is 13.1. The first-order valence-corrected chi connectivity index (χ1v) is 40.8. The standard InChI is InChI=1S/C86H155NO8/c1-6-8-10-12-14-16-18-20-22-24-26-28-30-32-34-36-37-38-39-40-41-42-43-44-45-46-47-49-50-52-54-56-58-60-62-64-66-68-70-72-74-76-83(88)93-80-82(81-94-86(85(90)91)92-79-78-87(3,4)5)95-84(89)77-75-73-71-69-67-65-63-61-59-57-55-53-51-48-35-33-31-29-27-25-23-21-19-17-15-13-11-9-7-2/h9,11,15,17-18,20-21,23-24,26-27,29-30,32,82,86H,6-8,10,12-14,16,19,22,25,28,31,33-81H2,1-5H3/p+1/b11-9-,17-15-,20-18-,23-21-,26-24-,29-27-,32-30-. The molecule has 0 aliphatic carbocycles. The molecule has 2 atom stereocenters. The number of hydrogen-bond acceptors (Lipinski definition) is 7. The van der Waals surface area contributed by atoms with Crippen molar-refractivity contribution in [1.82, 2.24) is 0 Å². The average Bonchev–Trinajstić information content (AvgIpc) is 2.86. The number of carboxylic acid groups (broad SMARTS) is 1. The van der Waals surface area contributed by atoms with Gasteiger partial charge in [-0.3, -0.25) is 9.59 Å². The summed E-state index contributed by atoms with van der Waals surface area (Å²) in [5.41, 5.74) is 0. The van der Waals surface area contributed by atoms with Gasteiger partial charge >= 0.3 is 17.9 Å². The largest absolute Gasteiger partial charge is 0.477 e. The second-order valence-corrected chi connectivity index (χ2v) is 28.7. The van der Waals surface area contributed by atoms with Crippen molar-refractivity contribution in [1.29, 1.82) is 0 Å². The maximum absolute atomic E-state index is 13.0. The maximum Gasteiger partial charge on any atom is 0.361 e. The average molecular weight is 1330 g/mol. The Hall–Kier alpha value is -3.53. The molecule has 0 radical (unpaired) electrons. The smallest absolute Gasteiger partial charge is 0.361 e. The third-order valence-electron chi connectivity index (χ3n) is 18.1. The second kappa shape index (κ2) is 76.2. The Morgan fingerprint density at radius 3 is 0.895 bits per heavy atom. The predicted molar refractivity (Wildman–Crippen MR) is 410 cm³/mol. The number of aliphatic carboxylic acids is 1. The number of carbonyl (C=O) groups is 3. The van der Waals surface area contributed by atoms with Crippen LogP contribution in [0, 0.1) is 0 Å². The van der Waals surface area contributed by atoms with E-state index in [1.165, 1.54) is 283 Å². The van der Waals surface area contributed by atoms with Crippen LogP contribution in [0.15, 0.2) is 85.1 Å². The van der Waals surface area contributed by atoms with Crippen molar-refractivity contribution in [2.75, 3.05) is 47.5 Å². The summed E-state index contributed by atoms with van der Waals surface area (Å²) in [5, 5.41) is 9.77. The van der Waals surface area contributed by atoms with Gasteiger partial charge in [-0.2, -0.15) is 0 Å². The van der Waals surface area contributed by atoms with Crippen LogP contribution in [0.25, 0.3) is 0 Å². The molecule has 1 N–H and O–H groups in total. The molecule has 0 aliphatic heterocycles. The molecule has 0 aromatic carbocycles. The van der Waals surface area contributed by atoms with Crippen molar-refractivity contribution in [2.24, 2.45) is 0 Å². The van der Waals surface area contributed by atoms with Gasteiger partial charge in [0.25, 0.3) is 6.29 Å². The number of esters is 2. The SMILES string of the molecule is CC/C=C\C/C=C\C/C=C\C/C=C\CCCCCCCCCCCCCCCCCCC(=O)OC(COC(=O)CCCCCCCCCCCCCCCCCCCCCCCCCCCC/C=C\C/C=C\C/C=C\CCCCCCC)COC(OCC[N+](C)(C)C)C(=O)O. The monoisotopic (exact) mass is 1330 g/mol. The molecule has 0 spiro atoms. The fraction of sp³-hybridized carbons (Fsp3) is 0.802. The molecule has 552 valence electrons. The summed E-state index contributed by atoms with van der Waals surface area (Å²) in [5.74, 6) is -1.98. The highest BCUT2D eigenvalue weighted by atomic mass is 16.7. The van der Waals surface area contributed by atoms with Gasteiger partial charge in [0.05, 0.1) is 34.4 Å². The molecular weight excluding hydrogens is 1170 g/mol. The summed E-state index contributed by atoms with van der Waals surface area (Å²) < 4.78 is 23.1. The zero-order valence-corrected chi connectivity index (χ0v) is 63.3. The first-order chi connectivity index (χ1) is 46.6. The summed E-state index contributed by atoms with van der Waals surface area (Å²) in [6, 6.07) is 0. The van der Waals surface area contributed by atoms with Crippen LogP contribution in [0.5, 0.6) is 0 Å². The lowest BCUT2D eigenvalue weighted by molar-refractivity contribution is -0.870. The number of unbranched alkanes of at least 4 members (excludes halogenated alkanes) is 47. The minimum atomic E-state index is -1.51. The topological polar surface area (TPSA) is 108 Å². The van der Waals surface area contributed by atoms with Gasteiger partial charge in [-0.25, -0.2) is 4.79 Å². The van der Waals surface area contributed by atoms with E-state index in [9.17, 15) is 19.5 Å². The molecule has 0 aliphatic rings. The minimum Gasteiger partial charge on any atom is -0.477 e. The number of quaternary nitrogens is 1. The summed E-state index contributed by atoms with van der Waals surface area (Å²) in [4.78, 5) is 37.7. The quantitative estimate of drug-likeness (QED) is 0.0211. The highest BCUT2D eigenvalue weighted by molar-refractivity contribution is 5.71. The molecule has 0 aromatic heterocycles.